The van der Waals surface area contributed by atoms with Gasteiger partial charge in [-0.3, -0.25) is 4.79 Å². The molecule has 1 fully saturated rings. The molecule has 0 saturated heterocycles. The third-order valence-corrected chi connectivity index (χ3v) is 7.00. The first-order chi connectivity index (χ1) is 17.6. The number of rotatable bonds is 7. The molecule has 4 aromatic rings. The summed E-state index contributed by atoms with van der Waals surface area (Å²) in [4.78, 5) is 21.4. The second-order valence-corrected chi connectivity index (χ2v) is 9.12. The van der Waals surface area contributed by atoms with Crippen LogP contribution in [0.25, 0.3) is 22.3 Å². The Morgan fingerprint density at radius 3 is 2.56 bits per heavy atom. The number of carbonyl (C=O) groups excluding carboxylic acids is 1. The average Bonchev–Trinajstić information content (AvgIpc) is 3.33. The lowest BCUT2D eigenvalue weighted by Crippen LogP contribution is -2.31. The lowest BCUT2D eigenvalue weighted by atomic mass is 9.91. The van der Waals surface area contributed by atoms with Crippen LogP contribution in [-0.2, 0) is 6.54 Å². The van der Waals surface area contributed by atoms with Gasteiger partial charge in [-0.15, -0.1) is 0 Å². The molecule has 2 aromatic carbocycles. The minimum absolute atomic E-state index is 0.181. The molecule has 0 unspecified atom stereocenters. The third kappa shape index (κ3) is 4.61. The van der Waals surface area contributed by atoms with Gasteiger partial charge in [-0.1, -0.05) is 36.4 Å². The lowest BCUT2D eigenvalue weighted by Gasteiger charge is -2.28. The highest BCUT2D eigenvalue weighted by atomic mass is 16.5. The number of methoxy groups -OCH3 is 1. The van der Waals surface area contributed by atoms with Gasteiger partial charge in [-0.05, 0) is 50.4 Å². The number of benzene rings is 2. The average molecular weight is 486 g/mol. The van der Waals surface area contributed by atoms with E-state index in [1.54, 1.807) is 19.2 Å². The zero-order valence-electron chi connectivity index (χ0n) is 20.6. The molecule has 1 amide bonds. The molecule has 5 rings (SSSR count). The number of aromatic nitrogens is 4. The van der Waals surface area contributed by atoms with Crippen LogP contribution in [0.5, 0.6) is 5.75 Å². The highest BCUT2D eigenvalue weighted by Gasteiger charge is 2.26. The van der Waals surface area contributed by atoms with E-state index in [9.17, 15) is 4.79 Å². The van der Waals surface area contributed by atoms with E-state index in [4.69, 9.17) is 15.6 Å². The van der Waals surface area contributed by atoms with E-state index in [-0.39, 0.29) is 11.9 Å². The van der Waals surface area contributed by atoms with Crippen molar-refractivity contribution in [2.24, 2.45) is 0 Å². The molecule has 4 N–H and O–H groups in total. The Labute approximate surface area is 210 Å². The van der Waals surface area contributed by atoms with E-state index in [2.05, 4.69) is 20.6 Å². The molecule has 186 valence electrons. The van der Waals surface area contributed by atoms with Crippen LogP contribution < -0.4 is 21.1 Å². The predicted octanol–water partition coefficient (Wildman–Crippen LogP) is 3.72. The number of ether oxygens (including phenoxy) is 1. The fourth-order valence-corrected chi connectivity index (χ4v) is 4.95. The Morgan fingerprint density at radius 1 is 1.08 bits per heavy atom. The van der Waals surface area contributed by atoms with Crippen LogP contribution in [0.2, 0.25) is 0 Å². The third-order valence-electron chi connectivity index (χ3n) is 7.00. The maximum atomic E-state index is 12.6. The number of nitrogens with one attached hydrogen (secondary N) is 2. The molecule has 0 aliphatic heterocycles. The SMILES string of the molecule is CNC1CCC(n2nc(-c3ccc(CNC(=O)c4ccccc4OC)cc3)c3c(N)ncnc32)CC1. The fraction of sp³-hybridized carbons (Fsp3) is 0.333. The van der Waals surface area contributed by atoms with Crippen molar-refractivity contribution in [3.63, 3.8) is 0 Å². The molecule has 0 radical (unpaired) electrons. The Bertz CT molecular complexity index is 1360. The van der Waals surface area contributed by atoms with Crippen LogP contribution in [0.3, 0.4) is 0 Å². The molecular formula is C27H31N7O2. The monoisotopic (exact) mass is 485 g/mol. The summed E-state index contributed by atoms with van der Waals surface area (Å²) in [6.45, 7) is 0.395. The van der Waals surface area contributed by atoms with Crippen LogP contribution in [0.15, 0.2) is 54.9 Å². The van der Waals surface area contributed by atoms with E-state index >= 15 is 0 Å². The van der Waals surface area contributed by atoms with Gasteiger partial charge in [0.25, 0.3) is 5.91 Å². The van der Waals surface area contributed by atoms with Crippen molar-refractivity contribution in [1.82, 2.24) is 30.4 Å². The number of para-hydroxylation sites is 1. The van der Waals surface area contributed by atoms with Crippen molar-refractivity contribution in [2.45, 2.75) is 44.3 Å². The van der Waals surface area contributed by atoms with Crippen LogP contribution in [-0.4, -0.2) is 45.9 Å². The fourth-order valence-electron chi connectivity index (χ4n) is 4.95. The highest BCUT2D eigenvalue weighted by Crippen LogP contribution is 2.36. The van der Waals surface area contributed by atoms with Gasteiger partial charge in [0.2, 0.25) is 0 Å². The number of amides is 1. The number of nitrogens with zero attached hydrogens (tertiary/aromatic N) is 4. The molecule has 36 heavy (non-hydrogen) atoms. The molecule has 0 bridgehead atoms. The van der Waals surface area contributed by atoms with E-state index in [1.807, 2.05) is 48.1 Å². The first kappa shape index (κ1) is 23.7. The Hall–Kier alpha value is -3.98. The molecule has 2 heterocycles. The molecule has 1 saturated carbocycles. The summed E-state index contributed by atoms with van der Waals surface area (Å²) in [5.41, 5.74) is 10.3. The van der Waals surface area contributed by atoms with Crippen LogP contribution in [0, 0.1) is 0 Å². The Morgan fingerprint density at radius 2 is 1.83 bits per heavy atom. The first-order valence-electron chi connectivity index (χ1n) is 12.3. The lowest BCUT2D eigenvalue weighted by molar-refractivity contribution is 0.0948. The number of carbonyl (C=O) groups is 1. The summed E-state index contributed by atoms with van der Waals surface area (Å²) in [7, 11) is 3.58. The van der Waals surface area contributed by atoms with Crippen LogP contribution >= 0.6 is 0 Å². The van der Waals surface area contributed by atoms with Crippen molar-refractivity contribution in [1.29, 1.82) is 0 Å². The Kier molecular flexibility index (Phi) is 6.81. The maximum Gasteiger partial charge on any atom is 0.255 e. The first-order valence-corrected chi connectivity index (χ1v) is 12.3. The van der Waals surface area contributed by atoms with E-state index in [0.29, 0.717) is 29.7 Å². The quantitative estimate of drug-likeness (QED) is 0.365. The van der Waals surface area contributed by atoms with Gasteiger partial charge in [-0.25, -0.2) is 14.6 Å². The number of fused-ring (bicyclic) bond motifs is 1. The summed E-state index contributed by atoms with van der Waals surface area (Å²) in [6, 6.07) is 16.0. The van der Waals surface area contributed by atoms with Crippen LogP contribution in [0.4, 0.5) is 5.82 Å². The summed E-state index contributed by atoms with van der Waals surface area (Å²) < 4.78 is 7.33. The van der Waals surface area contributed by atoms with Gasteiger partial charge in [0.15, 0.2) is 5.65 Å². The molecule has 1 aliphatic rings. The van der Waals surface area contributed by atoms with Gasteiger partial charge < -0.3 is 21.1 Å². The van der Waals surface area contributed by atoms with Crippen molar-refractivity contribution in [3.05, 3.63) is 66.0 Å². The van der Waals surface area contributed by atoms with Crippen molar-refractivity contribution in [2.75, 3.05) is 19.9 Å². The smallest absolute Gasteiger partial charge is 0.255 e. The van der Waals surface area contributed by atoms with Crippen molar-refractivity contribution >= 4 is 22.8 Å². The summed E-state index contributed by atoms with van der Waals surface area (Å²) in [6.07, 6.45) is 5.79. The van der Waals surface area contributed by atoms with Crippen LogP contribution in [0.1, 0.15) is 47.6 Å². The predicted molar refractivity (Wildman–Crippen MR) is 140 cm³/mol. The summed E-state index contributed by atoms with van der Waals surface area (Å²) in [5.74, 6) is 0.796. The number of nitrogen functional groups attached to an aromatic ring is 1. The van der Waals surface area contributed by atoms with Crippen molar-refractivity contribution < 1.29 is 9.53 Å². The number of hydrogen-bond donors (Lipinski definition) is 3. The number of hydrogen-bond acceptors (Lipinski definition) is 7. The normalized spacial score (nSPS) is 17.7. The minimum atomic E-state index is -0.181. The molecule has 0 spiro atoms. The topological polar surface area (TPSA) is 120 Å². The summed E-state index contributed by atoms with van der Waals surface area (Å²) in [5, 5.41) is 12.1. The molecule has 9 heteroatoms. The molecular weight excluding hydrogens is 454 g/mol. The van der Waals surface area contributed by atoms with Gasteiger partial charge in [0.05, 0.1) is 24.1 Å². The zero-order chi connectivity index (χ0) is 25.1. The highest BCUT2D eigenvalue weighted by molar-refractivity contribution is 5.98. The van der Waals surface area contributed by atoms with Gasteiger partial charge in [0.1, 0.15) is 23.6 Å². The molecule has 2 aromatic heterocycles. The van der Waals surface area contributed by atoms with Gasteiger partial charge in [0, 0.05) is 18.2 Å². The number of nitrogens with two attached hydrogens (primary N) is 1. The van der Waals surface area contributed by atoms with E-state index in [0.717, 1.165) is 53.5 Å². The number of anilines is 1. The van der Waals surface area contributed by atoms with E-state index in [1.165, 1.54) is 6.33 Å². The summed E-state index contributed by atoms with van der Waals surface area (Å²) >= 11 is 0. The van der Waals surface area contributed by atoms with Crippen molar-refractivity contribution in [3.8, 4) is 17.0 Å². The van der Waals surface area contributed by atoms with E-state index < -0.39 is 0 Å². The largest absolute Gasteiger partial charge is 0.496 e. The molecule has 0 atom stereocenters. The second-order valence-electron chi connectivity index (χ2n) is 9.12. The van der Waals surface area contributed by atoms with Gasteiger partial charge in [-0.2, -0.15) is 5.10 Å². The standard InChI is InChI=1S/C27H31N7O2/c1-29-19-11-13-20(14-12-19)34-26-23(25(28)31-16-32-26)24(33-34)18-9-7-17(8-10-18)15-30-27(35)21-5-3-4-6-22(21)36-2/h3-10,16,19-20,29H,11-15H2,1-2H3,(H,30,35)(H2,28,31,32). The Balaban J connectivity index is 1.37. The molecule has 9 nitrogen and oxygen atoms in total. The van der Waals surface area contributed by atoms with Gasteiger partial charge >= 0.3 is 0 Å². The second kappa shape index (κ2) is 10.3. The molecule has 1 aliphatic carbocycles. The zero-order valence-corrected chi connectivity index (χ0v) is 20.6. The maximum absolute atomic E-state index is 12.6. The minimum Gasteiger partial charge on any atom is -0.496 e.